The molecule has 0 aliphatic heterocycles. The molecular formula is C15H20O5. The lowest BCUT2D eigenvalue weighted by atomic mass is 10.0. The van der Waals surface area contributed by atoms with Gasteiger partial charge in [0, 0.05) is 6.61 Å². The van der Waals surface area contributed by atoms with Crippen LogP contribution in [0.4, 0.5) is 0 Å². The summed E-state index contributed by atoms with van der Waals surface area (Å²) in [6.07, 6.45) is 0. The van der Waals surface area contributed by atoms with Crippen LogP contribution < -0.4 is 0 Å². The standard InChI is InChI=1S/C15H20O5/c1-4-18-10-12-9-11(14(16)19-5-2)7-8-13(12)15(17)20-6-3/h7-9H,4-6,10H2,1-3H3. The van der Waals surface area contributed by atoms with E-state index in [4.69, 9.17) is 14.2 Å². The lowest BCUT2D eigenvalue weighted by molar-refractivity contribution is 0.0505. The smallest absolute Gasteiger partial charge is 0.338 e. The first-order valence-corrected chi connectivity index (χ1v) is 6.68. The Morgan fingerprint density at radius 3 is 2.20 bits per heavy atom. The number of hydrogen-bond donors (Lipinski definition) is 0. The fraction of sp³-hybridized carbons (Fsp3) is 0.467. The normalized spacial score (nSPS) is 10.2. The highest BCUT2D eigenvalue weighted by atomic mass is 16.5. The minimum absolute atomic E-state index is 0.248. The molecule has 0 saturated heterocycles. The summed E-state index contributed by atoms with van der Waals surface area (Å²) < 4.78 is 15.2. The molecule has 0 unspecified atom stereocenters. The number of esters is 2. The van der Waals surface area contributed by atoms with Gasteiger partial charge < -0.3 is 14.2 Å². The molecule has 0 atom stereocenters. The molecule has 0 saturated carbocycles. The van der Waals surface area contributed by atoms with Crippen molar-refractivity contribution >= 4 is 11.9 Å². The van der Waals surface area contributed by atoms with Gasteiger partial charge >= 0.3 is 11.9 Å². The van der Waals surface area contributed by atoms with E-state index in [9.17, 15) is 9.59 Å². The summed E-state index contributed by atoms with van der Waals surface area (Å²) in [6, 6.07) is 4.73. The molecule has 1 rings (SSSR count). The molecule has 0 amide bonds. The lowest BCUT2D eigenvalue weighted by Gasteiger charge is -2.11. The molecular weight excluding hydrogens is 260 g/mol. The van der Waals surface area contributed by atoms with Crippen molar-refractivity contribution in [2.75, 3.05) is 19.8 Å². The third-order valence-corrected chi connectivity index (χ3v) is 2.57. The van der Waals surface area contributed by atoms with Crippen LogP contribution in [0, 0.1) is 0 Å². The van der Waals surface area contributed by atoms with Gasteiger partial charge in [0.2, 0.25) is 0 Å². The third-order valence-electron chi connectivity index (χ3n) is 2.57. The Morgan fingerprint density at radius 1 is 0.950 bits per heavy atom. The topological polar surface area (TPSA) is 61.8 Å². The van der Waals surface area contributed by atoms with Gasteiger partial charge in [-0.2, -0.15) is 0 Å². The second kappa shape index (κ2) is 8.32. The van der Waals surface area contributed by atoms with Crippen LogP contribution in [0.1, 0.15) is 47.1 Å². The van der Waals surface area contributed by atoms with Crippen LogP contribution in [0.15, 0.2) is 18.2 Å². The summed E-state index contributed by atoms with van der Waals surface area (Å²) in [5, 5.41) is 0. The molecule has 20 heavy (non-hydrogen) atoms. The Hall–Kier alpha value is -1.88. The van der Waals surface area contributed by atoms with Gasteiger partial charge in [-0.25, -0.2) is 9.59 Å². The highest BCUT2D eigenvalue weighted by Gasteiger charge is 2.16. The summed E-state index contributed by atoms with van der Waals surface area (Å²) >= 11 is 0. The highest BCUT2D eigenvalue weighted by molar-refractivity contribution is 5.94. The van der Waals surface area contributed by atoms with E-state index >= 15 is 0 Å². The van der Waals surface area contributed by atoms with Gasteiger partial charge in [-0.3, -0.25) is 0 Å². The second-order valence-electron chi connectivity index (χ2n) is 3.95. The molecule has 110 valence electrons. The Morgan fingerprint density at radius 2 is 1.60 bits per heavy atom. The Bertz CT molecular complexity index is 467. The third kappa shape index (κ3) is 4.35. The van der Waals surface area contributed by atoms with E-state index in [1.807, 2.05) is 6.92 Å². The fourth-order valence-electron chi connectivity index (χ4n) is 1.67. The van der Waals surface area contributed by atoms with E-state index in [1.54, 1.807) is 32.0 Å². The molecule has 5 heteroatoms. The van der Waals surface area contributed by atoms with Crippen molar-refractivity contribution in [2.24, 2.45) is 0 Å². The summed E-state index contributed by atoms with van der Waals surface area (Å²) in [4.78, 5) is 23.5. The number of ether oxygens (including phenoxy) is 3. The van der Waals surface area contributed by atoms with Gasteiger partial charge in [0.05, 0.1) is 30.9 Å². The molecule has 1 aromatic carbocycles. The van der Waals surface area contributed by atoms with Gasteiger partial charge in [-0.1, -0.05) is 0 Å². The van der Waals surface area contributed by atoms with E-state index in [0.29, 0.717) is 36.5 Å². The SMILES string of the molecule is CCOCc1cc(C(=O)OCC)ccc1C(=O)OCC. The summed E-state index contributed by atoms with van der Waals surface area (Å²) in [7, 11) is 0. The van der Waals surface area contributed by atoms with Crippen molar-refractivity contribution in [1.29, 1.82) is 0 Å². The molecule has 1 aromatic rings. The van der Waals surface area contributed by atoms with Crippen LogP contribution in [-0.2, 0) is 20.8 Å². The minimum Gasteiger partial charge on any atom is -0.462 e. The Kier molecular flexibility index (Phi) is 6.73. The van der Waals surface area contributed by atoms with E-state index in [2.05, 4.69) is 0 Å². The van der Waals surface area contributed by atoms with Gasteiger partial charge in [-0.15, -0.1) is 0 Å². The first-order chi connectivity index (χ1) is 9.63. The van der Waals surface area contributed by atoms with Crippen molar-refractivity contribution in [2.45, 2.75) is 27.4 Å². The van der Waals surface area contributed by atoms with Crippen LogP contribution in [0.3, 0.4) is 0 Å². The number of benzene rings is 1. The number of carbonyl (C=O) groups is 2. The number of rotatable bonds is 7. The van der Waals surface area contributed by atoms with Crippen LogP contribution in [-0.4, -0.2) is 31.8 Å². The predicted octanol–water partition coefficient (Wildman–Crippen LogP) is 2.58. The summed E-state index contributed by atoms with van der Waals surface area (Å²) in [6.45, 7) is 6.72. The van der Waals surface area contributed by atoms with Gasteiger partial charge in [-0.05, 0) is 44.5 Å². The van der Waals surface area contributed by atoms with E-state index in [1.165, 1.54) is 0 Å². The van der Waals surface area contributed by atoms with Crippen LogP contribution in [0.2, 0.25) is 0 Å². The Balaban J connectivity index is 3.05. The van der Waals surface area contributed by atoms with Crippen LogP contribution in [0.25, 0.3) is 0 Å². The predicted molar refractivity (Wildman–Crippen MR) is 73.7 cm³/mol. The van der Waals surface area contributed by atoms with E-state index in [-0.39, 0.29) is 6.61 Å². The fourth-order valence-corrected chi connectivity index (χ4v) is 1.67. The zero-order valence-electron chi connectivity index (χ0n) is 12.1. The molecule has 0 aliphatic rings. The monoisotopic (exact) mass is 280 g/mol. The van der Waals surface area contributed by atoms with Crippen molar-refractivity contribution in [3.63, 3.8) is 0 Å². The van der Waals surface area contributed by atoms with Crippen molar-refractivity contribution < 1.29 is 23.8 Å². The summed E-state index contributed by atoms with van der Waals surface area (Å²) in [5.74, 6) is -0.835. The molecule has 0 heterocycles. The maximum absolute atomic E-state index is 11.8. The molecule has 0 N–H and O–H groups in total. The van der Waals surface area contributed by atoms with E-state index < -0.39 is 11.9 Å². The number of hydrogen-bond acceptors (Lipinski definition) is 5. The molecule has 0 radical (unpaired) electrons. The van der Waals surface area contributed by atoms with Gasteiger partial charge in [0.15, 0.2) is 0 Å². The maximum atomic E-state index is 11.8. The molecule has 0 bridgehead atoms. The van der Waals surface area contributed by atoms with Crippen LogP contribution in [0.5, 0.6) is 0 Å². The van der Waals surface area contributed by atoms with Gasteiger partial charge in [0.25, 0.3) is 0 Å². The quantitative estimate of drug-likeness (QED) is 0.718. The number of carbonyl (C=O) groups excluding carboxylic acids is 2. The van der Waals surface area contributed by atoms with Crippen molar-refractivity contribution in [3.8, 4) is 0 Å². The zero-order chi connectivity index (χ0) is 15.0. The molecule has 0 fully saturated rings. The summed E-state index contributed by atoms with van der Waals surface area (Å²) in [5.41, 5.74) is 1.43. The largest absolute Gasteiger partial charge is 0.462 e. The average Bonchev–Trinajstić information content (AvgIpc) is 2.45. The first-order valence-electron chi connectivity index (χ1n) is 6.68. The average molecular weight is 280 g/mol. The van der Waals surface area contributed by atoms with Crippen molar-refractivity contribution in [3.05, 3.63) is 34.9 Å². The molecule has 5 nitrogen and oxygen atoms in total. The second-order valence-corrected chi connectivity index (χ2v) is 3.95. The minimum atomic E-state index is -0.419. The van der Waals surface area contributed by atoms with Crippen LogP contribution >= 0.6 is 0 Å². The first kappa shape index (κ1) is 16.2. The molecule has 0 spiro atoms. The van der Waals surface area contributed by atoms with Crippen molar-refractivity contribution in [1.82, 2.24) is 0 Å². The van der Waals surface area contributed by atoms with E-state index in [0.717, 1.165) is 0 Å². The Labute approximate surface area is 118 Å². The lowest BCUT2D eigenvalue weighted by Crippen LogP contribution is -2.12. The van der Waals surface area contributed by atoms with Gasteiger partial charge in [0.1, 0.15) is 0 Å². The highest BCUT2D eigenvalue weighted by Crippen LogP contribution is 2.16. The maximum Gasteiger partial charge on any atom is 0.338 e. The molecule has 0 aromatic heterocycles. The molecule has 0 aliphatic carbocycles. The zero-order valence-corrected chi connectivity index (χ0v) is 12.1.